The summed E-state index contributed by atoms with van der Waals surface area (Å²) in [7, 11) is 0. The Morgan fingerprint density at radius 2 is 2.31 bits per heavy atom. The predicted molar refractivity (Wildman–Crippen MR) is 55.1 cm³/mol. The second kappa shape index (κ2) is 4.37. The molecule has 0 bridgehead atoms. The molecule has 1 heteroatoms. The first-order chi connectivity index (χ1) is 6.40. The van der Waals surface area contributed by atoms with Crippen molar-refractivity contribution < 1.29 is 26.1 Å². The molecule has 0 aromatic rings. The third-order valence-electron chi connectivity index (χ3n) is 2.49. The van der Waals surface area contributed by atoms with Crippen molar-refractivity contribution in [3.63, 3.8) is 0 Å². The third-order valence-corrected chi connectivity index (χ3v) is 6.23. The van der Waals surface area contributed by atoms with Gasteiger partial charge in [-0.15, -0.1) is 0 Å². The van der Waals surface area contributed by atoms with Crippen molar-refractivity contribution in [1.29, 1.82) is 0 Å². The van der Waals surface area contributed by atoms with E-state index in [0.717, 1.165) is 0 Å². The largest absolute Gasteiger partial charge is 1.00 e. The van der Waals surface area contributed by atoms with Gasteiger partial charge in [-0.05, 0) is 0 Å². The Morgan fingerprint density at radius 1 is 1.38 bits per heavy atom. The van der Waals surface area contributed by atoms with E-state index in [4.69, 9.17) is 0 Å². The van der Waals surface area contributed by atoms with Crippen LogP contribution < -0.4 is 0 Å². The first-order valence-electron chi connectivity index (χ1n) is 4.91. The molecule has 0 atom stereocenters. The maximum atomic E-state index is 2.34. The first-order valence-corrected chi connectivity index (χ1v) is 7.37. The van der Waals surface area contributed by atoms with E-state index in [-0.39, 0.29) is 26.1 Å². The molecule has 0 amide bonds. The molecule has 0 aliphatic heterocycles. The summed E-state index contributed by atoms with van der Waals surface area (Å²) in [6.07, 6.45) is 15.2. The number of hydrogen-bond donors (Lipinski definition) is 0. The van der Waals surface area contributed by atoms with Crippen LogP contribution in [0.1, 0.15) is 29.0 Å². The van der Waals surface area contributed by atoms with E-state index in [1.807, 2.05) is 0 Å². The molecule has 0 fully saturated rings. The van der Waals surface area contributed by atoms with Gasteiger partial charge in [0.1, 0.15) is 0 Å². The summed E-state index contributed by atoms with van der Waals surface area (Å²) in [6.45, 7) is 2.27. The first kappa shape index (κ1) is 9.40. The van der Waals surface area contributed by atoms with E-state index >= 15 is 0 Å². The maximum Gasteiger partial charge on any atom is -1.00 e. The smallest absolute Gasteiger partial charge is 1.00 e. The van der Waals surface area contributed by atoms with E-state index in [2.05, 4.69) is 37.3 Å². The van der Waals surface area contributed by atoms with Gasteiger partial charge in [0, 0.05) is 0 Å². The van der Waals surface area contributed by atoms with Crippen molar-refractivity contribution in [1.82, 2.24) is 0 Å². The van der Waals surface area contributed by atoms with Gasteiger partial charge in [-0.1, -0.05) is 0 Å². The average molecular weight is 251 g/mol. The fraction of sp³-hybridized carbons (Fsp3) is 0.333. The van der Waals surface area contributed by atoms with Crippen LogP contribution in [-0.2, 0) is 23.2 Å². The molecule has 0 nitrogen and oxygen atoms in total. The van der Waals surface area contributed by atoms with Crippen molar-refractivity contribution in [2.24, 2.45) is 0 Å². The molecule has 0 saturated heterocycles. The van der Waals surface area contributed by atoms with Gasteiger partial charge in [0.25, 0.3) is 0 Å². The molecule has 68 valence electrons. The zero-order valence-electron chi connectivity index (χ0n) is 10.0. The van der Waals surface area contributed by atoms with Crippen LogP contribution in [-0.4, -0.2) is 0 Å². The fourth-order valence-electron chi connectivity index (χ4n) is 1.75. The molecule has 2 aliphatic carbocycles. The van der Waals surface area contributed by atoms with E-state index in [1.165, 1.54) is 19.3 Å². The monoisotopic (exact) mass is 250 g/mol. The molecule has 2 aliphatic rings. The summed E-state index contributed by atoms with van der Waals surface area (Å²) >= 11 is -0.364. The molecule has 0 unspecified atom stereocenters. The molecule has 0 saturated carbocycles. The van der Waals surface area contributed by atoms with Crippen LogP contribution in [0.4, 0.5) is 0 Å². The SMILES string of the molecule is CCC1=[C]([Zr+2][C]2=CC=CC2)CC=C1.[H-].[H-]. The van der Waals surface area contributed by atoms with E-state index in [1.54, 1.807) is 12.1 Å². The quantitative estimate of drug-likeness (QED) is 0.716. The molecular weight excluding hydrogens is 235 g/mol. The molecule has 0 spiro atoms. The normalized spacial score (nSPS) is 19.6. The van der Waals surface area contributed by atoms with Crippen LogP contribution in [0.5, 0.6) is 0 Å². The van der Waals surface area contributed by atoms with Crippen molar-refractivity contribution in [2.45, 2.75) is 26.2 Å². The molecule has 0 N–H and O–H groups in total. The Hall–Kier alpha value is -0.157. The van der Waals surface area contributed by atoms with Gasteiger partial charge < -0.3 is 2.85 Å². The summed E-state index contributed by atoms with van der Waals surface area (Å²) in [4.78, 5) is 0. The van der Waals surface area contributed by atoms with Crippen LogP contribution >= 0.6 is 0 Å². The summed E-state index contributed by atoms with van der Waals surface area (Å²) in [5.74, 6) is 0. The van der Waals surface area contributed by atoms with Gasteiger partial charge in [-0.3, -0.25) is 0 Å². The fourth-order valence-corrected chi connectivity index (χ4v) is 5.26. The zero-order valence-corrected chi connectivity index (χ0v) is 10.5. The van der Waals surface area contributed by atoms with Crippen LogP contribution in [0.3, 0.4) is 0 Å². The number of allylic oxidation sites excluding steroid dienone is 8. The summed E-state index contributed by atoms with van der Waals surface area (Å²) in [5.41, 5.74) is 1.64. The average Bonchev–Trinajstić information content (AvgIpc) is 2.76. The predicted octanol–water partition coefficient (Wildman–Crippen LogP) is 3.76. The van der Waals surface area contributed by atoms with Crippen LogP contribution in [0.2, 0.25) is 0 Å². The van der Waals surface area contributed by atoms with Crippen LogP contribution in [0.15, 0.2) is 42.5 Å². The van der Waals surface area contributed by atoms with Crippen molar-refractivity contribution >= 4 is 0 Å². The molecule has 2 rings (SSSR count). The standard InChI is InChI=1S/C7H9.C5H5.Zr.2H/c1-2-7-5-3-4-6-7;1-2-4-5-3-1;;;/h3,5H,2,4H2,1H3;1-3H,4H2;;;/q;;+2;2*-1. The third kappa shape index (κ3) is 2.20. The molecule has 0 heterocycles. The Labute approximate surface area is 94.6 Å². The van der Waals surface area contributed by atoms with Crippen LogP contribution in [0, 0.1) is 0 Å². The van der Waals surface area contributed by atoms with Crippen molar-refractivity contribution in [2.75, 3.05) is 0 Å². The second-order valence-corrected chi connectivity index (χ2v) is 7.09. The molecule has 0 aromatic carbocycles. The van der Waals surface area contributed by atoms with E-state index in [9.17, 15) is 0 Å². The minimum atomic E-state index is -0.364. The Balaban J connectivity index is 0.000000980. The molecule has 0 radical (unpaired) electrons. The maximum absolute atomic E-state index is 2.34. The minimum absolute atomic E-state index is 0. The van der Waals surface area contributed by atoms with E-state index in [0.29, 0.717) is 0 Å². The molecule has 0 aromatic heterocycles. The Kier molecular flexibility index (Phi) is 3.16. The van der Waals surface area contributed by atoms with Gasteiger partial charge in [-0.25, -0.2) is 0 Å². The number of hydrogen-bond acceptors (Lipinski definition) is 0. The zero-order chi connectivity index (χ0) is 9.10. The summed E-state index contributed by atoms with van der Waals surface area (Å²) in [6, 6.07) is 0. The van der Waals surface area contributed by atoms with Gasteiger partial charge in [-0.2, -0.15) is 0 Å². The van der Waals surface area contributed by atoms with Gasteiger partial charge in [0.05, 0.1) is 0 Å². The minimum Gasteiger partial charge on any atom is -1.00 e. The van der Waals surface area contributed by atoms with Crippen LogP contribution in [0.25, 0.3) is 0 Å². The van der Waals surface area contributed by atoms with E-state index < -0.39 is 0 Å². The summed E-state index contributed by atoms with van der Waals surface area (Å²) < 4.78 is 3.55. The van der Waals surface area contributed by atoms with Crippen molar-refractivity contribution in [3.8, 4) is 0 Å². The topological polar surface area (TPSA) is 0 Å². The van der Waals surface area contributed by atoms with Crippen molar-refractivity contribution in [3.05, 3.63) is 42.5 Å². The summed E-state index contributed by atoms with van der Waals surface area (Å²) in [5, 5.41) is 0. The molecule has 13 heavy (non-hydrogen) atoms. The van der Waals surface area contributed by atoms with Gasteiger partial charge in [0.2, 0.25) is 0 Å². The Bertz CT molecular complexity index is 325. The molecular formula is C12H16Zr. The Morgan fingerprint density at radius 3 is 3.00 bits per heavy atom. The van der Waals surface area contributed by atoms with Gasteiger partial charge in [0.15, 0.2) is 0 Å². The van der Waals surface area contributed by atoms with Gasteiger partial charge >= 0.3 is 91.9 Å². The number of rotatable bonds is 3. The second-order valence-electron chi connectivity index (χ2n) is 3.41.